The smallest absolute Gasteiger partial charge is 0.414 e. The van der Waals surface area contributed by atoms with E-state index in [0.29, 0.717) is 6.54 Å². The Hall–Kier alpha value is -2.10. The molecule has 0 unspecified atom stereocenters. The number of fused-ring (bicyclic) bond motifs is 3. The van der Waals surface area contributed by atoms with E-state index in [9.17, 15) is 9.59 Å². The number of ether oxygens (including phenoxy) is 1. The highest BCUT2D eigenvalue weighted by molar-refractivity contribution is 6.08. The van der Waals surface area contributed by atoms with Crippen molar-refractivity contribution in [2.75, 3.05) is 6.54 Å². The van der Waals surface area contributed by atoms with E-state index in [4.69, 9.17) is 4.74 Å². The lowest BCUT2D eigenvalue weighted by molar-refractivity contribution is 0.0335. The van der Waals surface area contributed by atoms with Crippen LogP contribution in [0.25, 0.3) is 0 Å². The van der Waals surface area contributed by atoms with E-state index in [2.05, 4.69) is 6.92 Å². The number of hydrogen-bond donors (Lipinski definition) is 0. The van der Waals surface area contributed by atoms with Crippen molar-refractivity contribution in [1.29, 1.82) is 0 Å². The molecule has 1 aromatic carbocycles. The molecule has 0 aromatic heterocycles. The van der Waals surface area contributed by atoms with Gasteiger partial charge in [0.2, 0.25) is 0 Å². The van der Waals surface area contributed by atoms with Gasteiger partial charge >= 0.3 is 6.09 Å². The Morgan fingerprint density at radius 2 is 1.95 bits per heavy atom. The number of carbonyl (C=O) groups is 2. The second kappa shape index (κ2) is 4.70. The van der Waals surface area contributed by atoms with Crippen LogP contribution in [0.1, 0.15) is 50.0 Å². The topological polar surface area (TPSA) is 46.6 Å². The first-order valence-electron chi connectivity index (χ1n) is 7.59. The van der Waals surface area contributed by atoms with Gasteiger partial charge in [-0.2, -0.15) is 0 Å². The van der Waals surface area contributed by atoms with Crippen LogP contribution >= 0.6 is 0 Å². The Morgan fingerprint density at radius 1 is 1.27 bits per heavy atom. The van der Waals surface area contributed by atoms with Gasteiger partial charge < -0.3 is 4.74 Å². The molecule has 116 valence electrons. The fourth-order valence-corrected chi connectivity index (χ4v) is 3.28. The number of likely N-dealkylation sites (tertiary alicyclic amines) is 1. The van der Waals surface area contributed by atoms with Gasteiger partial charge in [0.1, 0.15) is 5.60 Å². The lowest BCUT2D eigenvalue weighted by Gasteiger charge is -2.34. The molecule has 1 saturated heterocycles. The van der Waals surface area contributed by atoms with Gasteiger partial charge in [-0.15, -0.1) is 0 Å². The minimum absolute atomic E-state index is 0.0430. The minimum atomic E-state index is -0.548. The van der Waals surface area contributed by atoms with Gasteiger partial charge in [-0.25, -0.2) is 4.79 Å². The van der Waals surface area contributed by atoms with Crippen molar-refractivity contribution in [3.05, 3.63) is 47.2 Å². The van der Waals surface area contributed by atoms with Crippen LogP contribution in [0.3, 0.4) is 0 Å². The van der Waals surface area contributed by atoms with E-state index >= 15 is 0 Å². The third-order valence-electron chi connectivity index (χ3n) is 4.36. The van der Waals surface area contributed by atoms with Crippen LogP contribution in [0.4, 0.5) is 4.79 Å². The first-order valence-corrected chi connectivity index (χ1v) is 7.59. The highest BCUT2D eigenvalue weighted by Gasteiger charge is 2.47. The molecule has 3 rings (SSSR count). The molecule has 1 heterocycles. The lowest BCUT2D eigenvalue weighted by atomic mass is 9.72. The Morgan fingerprint density at radius 3 is 2.64 bits per heavy atom. The minimum Gasteiger partial charge on any atom is -0.443 e. The van der Waals surface area contributed by atoms with Gasteiger partial charge in [0, 0.05) is 29.3 Å². The van der Waals surface area contributed by atoms with Crippen LogP contribution in [0.2, 0.25) is 0 Å². The maximum Gasteiger partial charge on any atom is 0.414 e. The summed E-state index contributed by atoms with van der Waals surface area (Å²) in [5.74, 6) is -0.0430. The molecule has 2 aliphatic rings. The highest BCUT2D eigenvalue weighted by Crippen LogP contribution is 2.47. The number of allylic oxidation sites excluding steroid dienone is 2. The molecule has 22 heavy (non-hydrogen) atoms. The summed E-state index contributed by atoms with van der Waals surface area (Å²) in [4.78, 5) is 26.4. The molecular formula is C18H21NO3. The SMILES string of the molecule is CC(C)(C)OC(=O)N1CC[C@@]2(C)C1=CC(=O)c1ccccc12. The fraction of sp³-hybridized carbons (Fsp3) is 0.444. The first kappa shape index (κ1) is 14.8. The average molecular weight is 299 g/mol. The molecule has 0 radical (unpaired) electrons. The number of nitrogens with zero attached hydrogens (tertiary/aromatic N) is 1. The summed E-state index contributed by atoms with van der Waals surface area (Å²) >= 11 is 0. The van der Waals surface area contributed by atoms with E-state index in [-0.39, 0.29) is 17.3 Å². The zero-order valence-corrected chi connectivity index (χ0v) is 13.5. The van der Waals surface area contributed by atoms with Crippen LogP contribution in [-0.2, 0) is 10.2 Å². The maximum absolute atomic E-state index is 12.4. The summed E-state index contributed by atoms with van der Waals surface area (Å²) in [6.45, 7) is 8.19. The van der Waals surface area contributed by atoms with Crippen molar-refractivity contribution in [2.45, 2.75) is 45.1 Å². The summed E-state index contributed by atoms with van der Waals surface area (Å²) in [6, 6.07) is 7.65. The Bertz CT molecular complexity index is 684. The Labute approximate surface area is 130 Å². The van der Waals surface area contributed by atoms with Gasteiger partial charge in [-0.1, -0.05) is 24.3 Å². The van der Waals surface area contributed by atoms with Crippen LogP contribution in [0.5, 0.6) is 0 Å². The van der Waals surface area contributed by atoms with Crippen LogP contribution in [0.15, 0.2) is 36.0 Å². The molecule has 0 saturated carbocycles. The van der Waals surface area contributed by atoms with Gasteiger partial charge in [0.15, 0.2) is 5.78 Å². The van der Waals surface area contributed by atoms with Crippen LogP contribution < -0.4 is 0 Å². The largest absolute Gasteiger partial charge is 0.443 e. The second-order valence-corrected chi connectivity index (χ2v) is 7.15. The molecule has 4 heteroatoms. The van der Waals surface area contributed by atoms with E-state index in [1.54, 1.807) is 11.0 Å². The summed E-state index contributed by atoms with van der Waals surface area (Å²) < 4.78 is 5.47. The Balaban J connectivity index is 2.00. The number of amides is 1. The van der Waals surface area contributed by atoms with Gasteiger partial charge in [0.25, 0.3) is 0 Å². The molecule has 0 bridgehead atoms. The average Bonchev–Trinajstić information content (AvgIpc) is 2.76. The highest BCUT2D eigenvalue weighted by atomic mass is 16.6. The molecule has 1 amide bonds. The first-order chi connectivity index (χ1) is 10.2. The number of benzene rings is 1. The predicted molar refractivity (Wildman–Crippen MR) is 83.8 cm³/mol. The van der Waals surface area contributed by atoms with E-state index in [0.717, 1.165) is 23.2 Å². The summed E-state index contributed by atoms with van der Waals surface area (Å²) in [7, 11) is 0. The lowest BCUT2D eigenvalue weighted by Crippen LogP contribution is -2.37. The van der Waals surface area contributed by atoms with Crippen molar-refractivity contribution in [1.82, 2.24) is 4.90 Å². The van der Waals surface area contributed by atoms with Gasteiger partial charge in [-0.05, 0) is 39.7 Å². The molecule has 1 aliphatic heterocycles. The molecule has 0 spiro atoms. The van der Waals surface area contributed by atoms with E-state index < -0.39 is 5.60 Å². The molecule has 0 N–H and O–H groups in total. The fourth-order valence-electron chi connectivity index (χ4n) is 3.28. The number of ketones is 1. The molecular weight excluding hydrogens is 278 g/mol. The maximum atomic E-state index is 12.4. The van der Waals surface area contributed by atoms with E-state index in [1.807, 2.05) is 45.0 Å². The number of hydrogen-bond acceptors (Lipinski definition) is 3. The van der Waals surface area contributed by atoms with Gasteiger partial charge in [0.05, 0.1) is 0 Å². The number of carbonyl (C=O) groups excluding carboxylic acids is 2. The molecule has 4 nitrogen and oxygen atoms in total. The van der Waals surface area contributed by atoms with Crippen molar-refractivity contribution in [3.8, 4) is 0 Å². The van der Waals surface area contributed by atoms with Crippen molar-refractivity contribution < 1.29 is 14.3 Å². The zero-order valence-electron chi connectivity index (χ0n) is 13.5. The third-order valence-corrected chi connectivity index (χ3v) is 4.36. The third kappa shape index (κ3) is 2.23. The second-order valence-electron chi connectivity index (χ2n) is 7.15. The quantitative estimate of drug-likeness (QED) is 0.734. The summed E-state index contributed by atoms with van der Waals surface area (Å²) in [5.41, 5.74) is 1.64. The normalized spacial score (nSPS) is 23.7. The van der Waals surface area contributed by atoms with Crippen molar-refractivity contribution in [3.63, 3.8) is 0 Å². The van der Waals surface area contributed by atoms with Gasteiger partial charge in [-0.3, -0.25) is 9.69 Å². The molecule has 1 aliphatic carbocycles. The van der Waals surface area contributed by atoms with Crippen molar-refractivity contribution >= 4 is 11.9 Å². The van der Waals surface area contributed by atoms with Crippen molar-refractivity contribution in [2.24, 2.45) is 0 Å². The predicted octanol–water partition coefficient (Wildman–Crippen LogP) is 3.67. The zero-order chi connectivity index (χ0) is 16.1. The van der Waals surface area contributed by atoms with E-state index in [1.165, 1.54) is 0 Å². The summed E-state index contributed by atoms with van der Waals surface area (Å²) in [6.07, 6.45) is 2.01. The molecule has 1 aromatic rings. The standard InChI is InChI=1S/C18H21NO3/c1-17(2,3)22-16(21)19-10-9-18(4)13-8-6-5-7-12(13)14(20)11-15(18)19/h5-8,11H,9-10H2,1-4H3/t18-/m1/s1. The van der Waals surface area contributed by atoms with Crippen LogP contribution in [-0.4, -0.2) is 28.9 Å². The molecule has 1 atom stereocenters. The Kier molecular flexibility index (Phi) is 3.17. The number of rotatable bonds is 0. The monoisotopic (exact) mass is 299 g/mol. The van der Waals surface area contributed by atoms with Crippen LogP contribution in [0, 0.1) is 0 Å². The summed E-state index contributed by atoms with van der Waals surface area (Å²) in [5, 5.41) is 0. The molecule has 1 fully saturated rings.